The average Bonchev–Trinajstić information content (AvgIpc) is 3.15. The summed E-state index contributed by atoms with van der Waals surface area (Å²) in [6.45, 7) is 6.55. The summed E-state index contributed by atoms with van der Waals surface area (Å²) in [6, 6.07) is 28.6. The number of hydrogen-bond donors (Lipinski definition) is 0. The zero-order valence-corrected chi connectivity index (χ0v) is 31.6. The van der Waals surface area contributed by atoms with Crippen molar-refractivity contribution in [2.45, 2.75) is 26.5 Å². The first kappa shape index (κ1) is 37.5. The van der Waals surface area contributed by atoms with Crippen LogP contribution < -0.4 is 14.2 Å². The number of rotatable bonds is 13. The molecule has 2 heterocycles. The predicted molar refractivity (Wildman–Crippen MR) is 209 cm³/mol. The molecule has 0 radical (unpaired) electrons. The molecule has 7 nitrogen and oxygen atoms in total. The number of nitrogens with zero attached hydrogens (tertiary/aromatic N) is 3. The second-order valence-corrected chi connectivity index (χ2v) is 14.0. The van der Waals surface area contributed by atoms with Gasteiger partial charge in [-0.05, 0) is 71.7 Å². The van der Waals surface area contributed by atoms with Crippen LogP contribution in [0, 0.1) is 6.92 Å². The number of aryl methyl sites for hydroxylation is 1. The van der Waals surface area contributed by atoms with Gasteiger partial charge in [0.25, 0.3) is 0 Å². The maximum absolute atomic E-state index is 13.0. The third-order valence-electron chi connectivity index (χ3n) is 8.60. The molecule has 0 spiro atoms. The Morgan fingerprint density at radius 1 is 0.769 bits per heavy atom. The number of halogens is 4. The minimum atomic E-state index is -0.0257. The topological polar surface area (TPSA) is 64.1 Å². The van der Waals surface area contributed by atoms with Crippen LogP contribution in [0.25, 0.3) is 6.08 Å². The number of pyridine rings is 1. The standard InChI is InChI=1S/C41H37Cl4N3O4/c1-28-22-31(23-38(45)41(28)52-39-14-12-34(25-46-39)51-27-32-4-2-3-5-35(32)42)10-15-40(49)48-19-17-47(18-20-48)26-30-8-6-29(7-9-30)16-21-50-33-11-13-36(43)37(44)24-33/h2-15,22-25H,16-21,26-27H2,1H3/b15-10+. The zero-order valence-electron chi connectivity index (χ0n) is 28.5. The van der Waals surface area contributed by atoms with E-state index in [1.54, 1.807) is 48.7 Å². The average molecular weight is 778 g/mol. The van der Waals surface area contributed by atoms with Crippen LogP contribution in [-0.4, -0.2) is 53.5 Å². The molecule has 0 unspecified atom stereocenters. The number of carbonyl (C=O) groups excluding carboxylic acids is 1. The maximum atomic E-state index is 13.0. The summed E-state index contributed by atoms with van der Waals surface area (Å²) in [4.78, 5) is 21.7. The highest BCUT2D eigenvalue weighted by atomic mass is 35.5. The van der Waals surface area contributed by atoms with E-state index < -0.39 is 0 Å². The van der Waals surface area contributed by atoms with Crippen molar-refractivity contribution in [2.24, 2.45) is 0 Å². The summed E-state index contributed by atoms with van der Waals surface area (Å²) in [5.74, 6) is 2.15. The van der Waals surface area contributed by atoms with Gasteiger partial charge in [0.1, 0.15) is 18.1 Å². The van der Waals surface area contributed by atoms with Crippen molar-refractivity contribution in [3.63, 3.8) is 0 Å². The molecule has 1 aliphatic heterocycles. The summed E-state index contributed by atoms with van der Waals surface area (Å²) < 4.78 is 17.6. The molecular weight excluding hydrogens is 740 g/mol. The van der Waals surface area contributed by atoms with Crippen LogP contribution >= 0.6 is 46.4 Å². The molecule has 0 N–H and O–H groups in total. The molecule has 0 atom stereocenters. The van der Waals surface area contributed by atoms with Gasteiger partial charge in [-0.25, -0.2) is 4.98 Å². The highest BCUT2D eigenvalue weighted by molar-refractivity contribution is 6.42. The minimum absolute atomic E-state index is 0.0257. The van der Waals surface area contributed by atoms with E-state index in [1.807, 2.05) is 48.2 Å². The Bertz CT molecular complexity index is 1990. The molecule has 1 amide bonds. The van der Waals surface area contributed by atoms with Crippen LogP contribution in [0.2, 0.25) is 20.1 Å². The molecule has 1 fully saturated rings. The lowest BCUT2D eigenvalue weighted by molar-refractivity contribution is -0.127. The van der Waals surface area contributed by atoms with Gasteiger partial charge in [-0.1, -0.05) is 88.9 Å². The fourth-order valence-corrected chi connectivity index (χ4v) is 6.49. The predicted octanol–water partition coefficient (Wildman–Crippen LogP) is 10.4. The minimum Gasteiger partial charge on any atom is -0.493 e. The summed E-state index contributed by atoms with van der Waals surface area (Å²) >= 11 is 24.9. The van der Waals surface area contributed by atoms with Gasteiger partial charge in [0.05, 0.1) is 27.9 Å². The molecule has 5 aromatic rings. The second kappa shape index (κ2) is 18.0. The number of amides is 1. The quantitative estimate of drug-likeness (QED) is 0.111. The van der Waals surface area contributed by atoms with Gasteiger partial charge in [-0.2, -0.15) is 0 Å². The first-order valence-electron chi connectivity index (χ1n) is 16.9. The van der Waals surface area contributed by atoms with E-state index in [1.165, 1.54) is 11.1 Å². The van der Waals surface area contributed by atoms with Crippen molar-refractivity contribution in [2.75, 3.05) is 32.8 Å². The molecule has 11 heteroatoms. The van der Waals surface area contributed by atoms with Crippen molar-refractivity contribution in [3.8, 4) is 23.1 Å². The van der Waals surface area contributed by atoms with E-state index in [0.29, 0.717) is 69.5 Å². The van der Waals surface area contributed by atoms with Gasteiger partial charge in [-0.15, -0.1) is 0 Å². The van der Waals surface area contributed by atoms with E-state index in [0.717, 1.165) is 42.7 Å². The molecule has 52 heavy (non-hydrogen) atoms. The molecule has 1 aliphatic rings. The summed E-state index contributed by atoms with van der Waals surface area (Å²) in [7, 11) is 0. The molecule has 0 saturated carbocycles. The molecule has 0 bridgehead atoms. The van der Waals surface area contributed by atoms with E-state index in [4.69, 9.17) is 60.6 Å². The summed E-state index contributed by atoms with van der Waals surface area (Å²) in [6.07, 6.45) is 5.77. The van der Waals surface area contributed by atoms with Crippen LogP contribution in [0.4, 0.5) is 0 Å². The lowest BCUT2D eigenvalue weighted by Gasteiger charge is -2.34. The fourth-order valence-electron chi connectivity index (χ4n) is 5.70. The molecule has 268 valence electrons. The number of aromatic nitrogens is 1. The first-order chi connectivity index (χ1) is 25.2. The van der Waals surface area contributed by atoms with Crippen molar-refractivity contribution in [1.29, 1.82) is 0 Å². The molecule has 0 aliphatic carbocycles. The van der Waals surface area contributed by atoms with Gasteiger partial charge >= 0.3 is 0 Å². The third-order valence-corrected chi connectivity index (χ3v) is 9.99. The van der Waals surface area contributed by atoms with Crippen molar-refractivity contribution in [3.05, 3.63) is 151 Å². The maximum Gasteiger partial charge on any atom is 0.246 e. The molecule has 6 rings (SSSR count). The number of ether oxygens (including phenoxy) is 3. The summed E-state index contributed by atoms with van der Waals surface area (Å²) in [5, 5.41) is 2.06. The van der Waals surface area contributed by atoms with Crippen LogP contribution in [0.5, 0.6) is 23.1 Å². The van der Waals surface area contributed by atoms with Gasteiger partial charge in [-0.3, -0.25) is 9.69 Å². The van der Waals surface area contributed by atoms with E-state index >= 15 is 0 Å². The number of carbonyl (C=O) groups is 1. The Labute approximate surface area is 324 Å². The first-order valence-corrected chi connectivity index (χ1v) is 18.4. The number of benzene rings is 4. The van der Waals surface area contributed by atoms with Gasteiger partial charge in [0.15, 0.2) is 5.75 Å². The van der Waals surface area contributed by atoms with Crippen LogP contribution in [-0.2, 0) is 24.4 Å². The smallest absolute Gasteiger partial charge is 0.246 e. The van der Waals surface area contributed by atoms with E-state index in [-0.39, 0.29) is 5.91 Å². The third kappa shape index (κ3) is 10.4. The fraction of sp³-hybridized carbons (Fsp3) is 0.220. The lowest BCUT2D eigenvalue weighted by atomic mass is 10.1. The van der Waals surface area contributed by atoms with Gasteiger partial charge in [0.2, 0.25) is 11.8 Å². The Balaban J connectivity index is 0.933. The number of hydrogen-bond acceptors (Lipinski definition) is 6. The van der Waals surface area contributed by atoms with Gasteiger partial charge in [0, 0.05) is 67.9 Å². The zero-order chi connectivity index (χ0) is 36.5. The van der Waals surface area contributed by atoms with E-state index in [2.05, 4.69) is 34.1 Å². The summed E-state index contributed by atoms with van der Waals surface area (Å²) in [5.41, 5.74) is 4.95. The highest BCUT2D eigenvalue weighted by Crippen LogP contribution is 2.34. The number of piperazine rings is 1. The molecule has 1 saturated heterocycles. The Morgan fingerprint density at radius 3 is 2.23 bits per heavy atom. The SMILES string of the molecule is Cc1cc(/C=C/C(=O)N2CCN(Cc3ccc(CCOc4ccc(Cl)c(Cl)c4)cc3)CC2)cc(Cl)c1Oc1ccc(OCc2ccccc2Cl)cn1. The Kier molecular flexibility index (Phi) is 13.0. The monoisotopic (exact) mass is 775 g/mol. The lowest BCUT2D eigenvalue weighted by Crippen LogP contribution is -2.47. The molecular formula is C41H37Cl4N3O4. The van der Waals surface area contributed by atoms with Crippen LogP contribution in [0.15, 0.2) is 103 Å². The normalized spacial score (nSPS) is 13.4. The Hall–Kier alpha value is -4.24. The van der Waals surface area contributed by atoms with E-state index in [9.17, 15) is 4.79 Å². The molecule has 1 aromatic heterocycles. The largest absolute Gasteiger partial charge is 0.493 e. The highest BCUT2D eigenvalue weighted by Gasteiger charge is 2.20. The van der Waals surface area contributed by atoms with Crippen LogP contribution in [0.3, 0.4) is 0 Å². The van der Waals surface area contributed by atoms with Crippen molar-refractivity contribution < 1.29 is 19.0 Å². The second-order valence-electron chi connectivity index (χ2n) is 12.4. The van der Waals surface area contributed by atoms with Crippen molar-refractivity contribution in [1.82, 2.24) is 14.8 Å². The molecule has 4 aromatic carbocycles. The van der Waals surface area contributed by atoms with Crippen LogP contribution in [0.1, 0.15) is 27.8 Å². The van der Waals surface area contributed by atoms with Crippen molar-refractivity contribution >= 4 is 58.4 Å². The Morgan fingerprint density at radius 2 is 1.52 bits per heavy atom. The van der Waals surface area contributed by atoms with Gasteiger partial charge < -0.3 is 19.1 Å².